The van der Waals surface area contributed by atoms with Crippen LogP contribution in [0.15, 0.2) is 18.3 Å². The van der Waals surface area contributed by atoms with Gasteiger partial charge in [0.25, 0.3) is 0 Å². The van der Waals surface area contributed by atoms with E-state index >= 15 is 0 Å². The van der Waals surface area contributed by atoms with Crippen LogP contribution in [0, 0.1) is 0 Å². The van der Waals surface area contributed by atoms with Gasteiger partial charge in [-0.05, 0) is 30.9 Å². The Hall–Kier alpha value is -1.09. The molecule has 1 fully saturated rings. The zero-order valence-electron chi connectivity index (χ0n) is 10.0. The van der Waals surface area contributed by atoms with Crippen molar-refractivity contribution < 1.29 is 0 Å². The highest BCUT2D eigenvalue weighted by atomic mass is 15.2. The van der Waals surface area contributed by atoms with E-state index in [1.54, 1.807) is 0 Å². The van der Waals surface area contributed by atoms with Crippen LogP contribution >= 0.6 is 0 Å². The van der Waals surface area contributed by atoms with Crippen molar-refractivity contribution in [2.75, 3.05) is 11.4 Å². The lowest BCUT2D eigenvalue weighted by atomic mass is 10.2. The Bertz CT molecular complexity index is 316. The van der Waals surface area contributed by atoms with Gasteiger partial charge in [-0.25, -0.2) is 4.98 Å². The van der Waals surface area contributed by atoms with Crippen molar-refractivity contribution in [2.24, 2.45) is 5.73 Å². The monoisotopic (exact) mass is 219 g/mol. The predicted molar refractivity (Wildman–Crippen MR) is 67.4 cm³/mol. The average Bonchev–Trinajstić information content (AvgIpc) is 3.15. The fraction of sp³-hybridized carbons (Fsp3) is 0.615. The standard InChI is InChI=1S/C13H21N3/c1-2-3-8-16(12-5-6-12)13-7-4-11(9-14)10-15-13/h4,7,10,12H,2-3,5-6,8-9,14H2,1H3. The van der Waals surface area contributed by atoms with Crippen LogP contribution in [-0.2, 0) is 6.54 Å². The van der Waals surface area contributed by atoms with Crippen LogP contribution in [0.5, 0.6) is 0 Å². The van der Waals surface area contributed by atoms with Gasteiger partial charge in [-0.2, -0.15) is 0 Å². The lowest BCUT2D eigenvalue weighted by molar-refractivity contribution is 0.704. The maximum atomic E-state index is 5.57. The molecule has 1 aliphatic carbocycles. The van der Waals surface area contributed by atoms with E-state index < -0.39 is 0 Å². The summed E-state index contributed by atoms with van der Waals surface area (Å²) in [6.07, 6.45) is 7.03. The zero-order valence-corrected chi connectivity index (χ0v) is 10.0. The van der Waals surface area contributed by atoms with Gasteiger partial charge in [-0.3, -0.25) is 0 Å². The Morgan fingerprint density at radius 3 is 2.75 bits per heavy atom. The molecule has 0 saturated heterocycles. The molecule has 16 heavy (non-hydrogen) atoms. The molecule has 1 saturated carbocycles. The molecule has 3 nitrogen and oxygen atoms in total. The number of nitrogens with two attached hydrogens (primary N) is 1. The van der Waals surface area contributed by atoms with E-state index in [9.17, 15) is 0 Å². The van der Waals surface area contributed by atoms with Crippen LogP contribution in [0.3, 0.4) is 0 Å². The highest BCUT2D eigenvalue weighted by Crippen LogP contribution is 2.30. The first kappa shape index (κ1) is 11.4. The first-order valence-electron chi connectivity index (χ1n) is 6.26. The van der Waals surface area contributed by atoms with Crippen molar-refractivity contribution in [2.45, 2.75) is 45.2 Å². The van der Waals surface area contributed by atoms with E-state index in [0.717, 1.165) is 24.0 Å². The molecule has 1 aliphatic rings. The van der Waals surface area contributed by atoms with Gasteiger partial charge in [-0.1, -0.05) is 19.4 Å². The third-order valence-corrected chi connectivity index (χ3v) is 3.08. The molecule has 0 atom stereocenters. The van der Waals surface area contributed by atoms with E-state index in [1.807, 2.05) is 6.20 Å². The molecule has 0 aromatic carbocycles. The number of pyridine rings is 1. The van der Waals surface area contributed by atoms with Gasteiger partial charge in [0.2, 0.25) is 0 Å². The Morgan fingerprint density at radius 2 is 2.25 bits per heavy atom. The molecule has 0 aliphatic heterocycles. The Kier molecular flexibility index (Phi) is 3.78. The molecule has 1 heterocycles. The summed E-state index contributed by atoms with van der Waals surface area (Å²) in [5.74, 6) is 1.12. The molecular formula is C13H21N3. The Balaban J connectivity index is 2.05. The maximum absolute atomic E-state index is 5.57. The second-order valence-electron chi connectivity index (χ2n) is 4.51. The van der Waals surface area contributed by atoms with E-state index in [0.29, 0.717) is 6.54 Å². The quantitative estimate of drug-likeness (QED) is 0.798. The molecule has 1 aromatic heterocycles. The van der Waals surface area contributed by atoms with Crippen molar-refractivity contribution in [3.8, 4) is 0 Å². The van der Waals surface area contributed by atoms with Crippen LogP contribution < -0.4 is 10.6 Å². The van der Waals surface area contributed by atoms with Gasteiger partial charge >= 0.3 is 0 Å². The summed E-state index contributed by atoms with van der Waals surface area (Å²) in [5.41, 5.74) is 6.68. The second kappa shape index (κ2) is 5.30. The number of nitrogens with zero attached hydrogens (tertiary/aromatic N) is 2. The number of anilines is 1. The SMILES string of the molecule is CCCCN(c1ccc(CN)cn1)C1CC1. The average molecular weight is 219 g/mol. The third-order valence-electron chi connectivity index (χ3n) is 3.08. The number of rotatable bonds is 6. The van der Waals surface area contributed by atoms with Crippen LogP contribution in [0.1, 0.15) is 38.2 Å². The summed E-state index contributed by atoms with van der Waals surface area (Å²) in [4.78, 5) is 6.96. The van der Waals surface area contributed by atoms with E-state index in [1.165, 1.54) is 25.7 Å². The molecule has 0 bridgehead atoms. The van der Waals surface area contributed by atoms with Crippen molar-refractivity contribution in [3.63, 3.8) is 0 Å². The van der Waals surface area contributed by atoms with Gasteiger partial charge in [-0.15, -0.1) is 0 Å². The van der Waals surface area contributed by atoms with Gasteiger partial charge in [0.05, 0.1) is 0 Å². The van der Waals surface area contributed by atoms with Crippen molar-refractivity contribution >= 4 is 5.82 Å². The van der Waals surface area contributed by atoms with Crippen LogP contribution in [0.2, 0.25) is 0 Å². The fourth-order valence-electron chi connectivity index (χ4n) is 1.91. The highest BCUT2D eigenvalue weighted by Gasteiger charge is 2.29. The molecule has 2 rings (SSSR count). The molecule has 0 unspecified atom stereocenters. The number of hydrogen-bond donors (Lipinski definition) is 1. The van der Waals surface area contributed by atoms with E-state index in [-0.39, 0.29) is 0 Å². The molecule has 0 amide bonds. The van der Waals surface area contributed by atoms with Crippen LogP contribution in [0.25, 0.3) is 0 Å². The van der Waals surface area contributed by atoms with E-state index in [2.05, 4.69) is 28.9 Å². The topological polar surface area (TPSA) is 42.1 Å². The van der Waals surface area contributed by atoms with Gasteiger partial charge in [0, 0.05) is 25.3 Å². The Labute approximate surface area is 97.7 Å². The normalized spacial score (nSPS) is 15.1. The van der Waals surface area contributed by atoms with Gasteiger partial charge < -0.3 is 10.6 Å². The van der Waals surface area contributed by atoms with Crippen molar-refractivity contribution in [1.82, 2.24) is 4.98 Å². The fourth-order valence-corrected chi connectivity index (χ4v) is 1.91. The van der Waals surface area contributed by atoms with Crippen molar-refractivity contribution in [1.29, 1.82) is 0 Å². The Morgan fingerprint density at radius 1 is 1.44 bits per heavy atom. The van der Waals surface area contributed by atoms with Crippen LogP contribution in [-0.4, -0.2) is 17.6 Å². The summed E-state index contributed by atoms with van der Waals surface area (Å²) in [5, 5.41) is 0. The molecule has 0 radical (unpaired) electrons. The minimum absolute atomic E-state index is 0.575. The molecule has 88 valence electrons. The summed E-state index contributed by atoms with van der Waals surface area (Å²) >= 11 is 0. The minimum Gasteiger partial charge on any atom is -0.354 e. The molecule has 1 aromatic rings. The minimum atomic E-state index is 0.575. The van der Waals surface area contributed by atoms with Gasteiger partial charge in [0.15, 0.2) is 0 Å². The predicted octanol–water partition coefficient (Wildman–Crippen LogP) is 2.31. The highest BCUT2D eigenvalue weighted by molar-refractivity contribution is 5.42. The largest absolute Gasteiger partial charge is 0.354 e. The number of aromatic nitrogens is 1. The summed E-state index contributed by atoms with van der Waals surface area (Å²) in [7, 11) is 0. The molecular weight excluding hydrogens is 198 g/mol. The summed E-state index contributed by atoms with van der Waals surface area (Å²) < 4.78 is 0. The molecule has 2 N–H and O–H groups in total. The van der Waals surface area contributed by atoms with Gasteiger partial charge in [0.1, 0.15) is 5.82 Å². The first-order valence-corrected chi connectivity index (χ1v) is 6.26. The molecule has 3 heteroatoms. The number of hydrogen-bond acceptors (Lipinski definition) is 3. The maximum Gasteiger partial charge on any atom is 0.128 e. The zero-order chi connectivity index (χ0) is 11.4. The third kappa shape index (κ3) is 2.73. The molecule has 0 spiro atoms. The van der Waals surface area contributed by atoms with E-state index in [4.69, 9.17) is 5.73 Å². The second-order valence-corrected chi connectivity index (χ2v) is 4.51. The summed E-state index contributed by atoms with van der Waals surface area (Å²) in [6, 6.07) is 4.93. The van der Waals surface area contributed by atoms with Crippen molar-refractivity contribution in [3.05, 3.63) is 23.9 Å². The summed E-state index contributed by atoms with van der Waals surface area (Å²) in [6.45, 7) is 3.94. The first-order chi connectivity index (χ1) is 7.85. The lowest BCUT2D eigenvalue weighted by Gasteiger charge is -2.23. The smallest absolute Gasteiger partial charge is 0.128 e. The van der Waals surface area contributed by atoms with Crippen LogP contribution in [0.4, 0.5) is 5.82 Å². The lowest BCUT2D eigenvalue weighted by Crippen LogP contribution is -2.27. The number of unbranched alkanes of at least 4 members (excludes halogenated alkanes) is 1.